The zero-order chi connectivity index (χ0) is 15.8. The van der Waals surface area contributed by atoms with E-state index in [1.54, 1.807) is 4.72 Å². The first-order valence-corrected chi connectivity index (χ1v) is 7.61. The van der Waals surface area contributed by atoms with Crippen molar-refractivity contribution in [1.29, 1.82) is 0 Å². The van der Waals surface area contributed by atoms with Gasteiger partial charge in [0.15, 0.2) is 11.6 Å². The van der Waals surface area contributed by atoms with Crippen LogP contribution >= 0.6 is 15.9 Å². The number of hydrogen-bond acceptors (Lipinski definition) is 2. The molecule has 0 bridgehead atoms. The van der Waals surface area contributed by atoms with E-state index < -0.39 is 43.9 Å². The van der Waals surface area contributed by atoms with E-state index in [0.717, 1.165) is 24.3 Å². The molecule has 3 nitrogen and oxygen atoms in total. The summed E-state index contributed by atoms with van der Waals surface area (Å²) in [6.07, 6.45) is 0. The lowest BCUT2D eigenvalue weighted by Crippen LogP contribution is -2.16. The average molecular weight is 384 g/mol. The molecule has 1 N–H and O–H groups in total. The summed E-state index contributed by atoms with van der Waals surface area (Å²) in [6.45, 7) is 0. The Morgan fingerprint density at radius 2 is 1.67 bits per heavy atom. The summed E-state index contributed by atoms with van der Waals surface area (Å²) in [5.41, 5.74) is -0.689. The fraction of sp³-hybridized carbons (Fsp3) is 0. The van der Waals surface area contributed by atoms with E-state index >= 15 is 0 Å². The summed E-state index contributed by atoms with van der Waals surface area (Å²) in [4.78, 5) is -0.910. The van der Waals surface area contributed by atoms with Crippen LogP contribution in [0.4, 0.5) is 23.2 Å². The Kier molecular flexibility index (Phi) is 4.24. The van der Waals surface area contributed by atoms with E-state index in [-0.39, 0.29) is 4.47 Å². The third-order valence-corrected chi connectivity index (χ3v) is 4.76. The van der Waals surface area contributed by atoms with Gasteiger partial charge in [-0.05, 0) is 34.1 Å². The van der Waals surface area contributed by atoms with Gasteiger partial charge in [-0.3, -0.25) is 4.72 Å². The average Bonchev–Trinajstić information content (AvgIpc) is 2.33. The Morgan fingerprint density at radius 3 is 2.29 bits per heavy atom. The Hall–Kier alpha value is -1.61. The third kappa shape index (κ3) is 3.18. The molecule has 0 heterocycles. The van der Waals surface area contributed by atoms with Crippen molar-refractivity contribution in [2.24, 2.45) is 0 Å². The molecule has 2 aromatic rings. The molecule has 0 spiro atoms. The van der Waals surface area contributed by atoms with Crippen molar-refractivity contribution in [3.63, 3.8) is 0 Å². The molecular weight excluding hydrogens is 378 g/mol. The van der Waals surface area contributed by atoms with Crippen molar-refractivity contribution in [3.8, 4) is 0 Å². The largest absolute Gasteiger partial charge is 0.276 e. The van der Waals surface area contributed by atoms with E-state index in [4.69, 9.17) is 0 Å². The highest BCUT2D eigenvalue weighted by molar-refractivity contribution is 9.10. The van der Waals surface area contributed by atoms with Crippen molar-refractivity contribution < 1.29 is 26.0 Å². The molecule has 2 aromatic carbocycles. The van der Waals surface area contributed by atoms with Crippen molar-refractivity contribution in [2.75, 3.05) is 4.72 Å². The minimum Gasteiger partial charge on any atom is -0.276 e. The maximum absolute atomic E-state index is 13.6. The van der Waals surface area contributed by atoms with E-state index in [0.29, 0.717) is 6.07 Å². The van der Waals surface area contributed by atoms with Gasteiger partial charge in [-0.1, -0.05) is 6.07 Å². The molecule has 0 aromatic heterocycles. The van der Waals surface area contributed by atoms with Crippen LogP contribution < -0.4 is 4.72 Å². The first kappa shape index (κ1) is 15.8. The van der Waals surface area contributed by atoms with E-state index in [2.05, 4.69) is 15.9 Å². The minimum absolute atomic E-state index is 0.362. The van der Waals surface area contributed by atoms with E-state index in [9.17, 15) is 26.0 Å². The SMILES string of the molecule is O=S(=O)(Nc1cccc(F)c1F)c1c(F)cc(F)cc1Br. The number of hydrogen-bond donors (Lipinski definition) is 1. The fourth-order valence-corrected chi connectivity index (χ4v) is 3.79. The van der Waals surface area contributed by atoms with Crippen molar-refractivity contribution >= 4 is 31.6 Å². The lowest BCUT2D eigenvalue weighted by atomic mass is 10.3. The maximum atomic E-state index is 13.6. The maximum Gasteiger partial charge on any atom is 0.266 e. The number of rotatable bonds is 3. The molecule has 0 saturated heterocycles. The predicted octanol–water partition coefficient (Wildman–Crippen LogP) is 3.81. The van der Waals surface area contributed by atoms with Gasteiger partial charge in [0.2, 0.25) is 0 Å². The standard InChI is InChI=1S/C12H6BrF4NO2S/c13-7-4-6(14)5-9(16)12(7)21(19,20)18-10-3-1-2-8(15)11(10)17/h1-5,18H. The number of benzene rings is 2. The molecule has 0 saturated carbocycles. The summed E-state index contributed by atoms with van der Waals surface area (Å²) < 4.78 is 78.4. The summed E-state index contributed by atoms with van der Waals surface area (Å²) in [5.74, 6) is -5.06. The highest BCUT2D eigenvalue weighted by Gasteiger charge is 2.25. The molecule has 9 heteroatoms. The summed E-state index contributed by atoms with van der Waals surface area (Å²) in [6, 6.07) is 3.93. The second kappa shape index (κ2) is 5.64. The lowest BCUT2D eigenvalue weighted by Gasteiger charge is -2.11. The third-order valence-electron chi connectivity index (χ3n) is 2.43. The Labute approximate surface area is 125 Å². The number of halogens is 5. The molecule has 21 heavy (non-hydrogen) atoms. The quantitative estimate of drug-likeness (QED) is 0.819. The Bertz CT molecular complexity index is 788. The molecule has 0 fully saturated rings. The van der Waals surface area contributed by atoms with Gasteiger partial charge >= 0.3 is 0 Å². The molecule has 0 amide bonds. The second-order valence-corrected chi connectivity index (χ2v) is 6.38. The van der Waals surface area contributed by atoms with Crippen LogP contribution in [-0.4, -0.2) is 8.42 Å². The predicted molar refractivity (Wildman–Crippen MR) is 71.2 cm³/mol. The smallest absolute Gasteiger partial charge is 0.266 e. The van der Waals surface area contributed by atoms with Crippen molar-refractivity contribution in [3.05, 3.63) is 58.1 Å². The minimum atomic E-state index is -4.58. The van der Waals surface area contributed by atoms with Gasteiger partial charge < -0.3 is 0 Å². The Balaban J connectivity index is 2.51. The van der Waals surface area contributed by atoms with Gasteiger partial charge in [0.25, 0.3) is 10.0 Å². The van der Waals surface area contributed by atoms with Gasteiger partial charge in [0.1, 0.15) is 16.5 Å². The highest BCUT2D eigenvalue weighted by atomic mass is 79.9. The first-order valence-electron chi connectivity index (χ1n) is 5.34. The van der Waals surface area contributed by atoms with Gasteiger partial charge in [0.05, 0.1) is 5.69 Å². The second-order valence-electron chi connectivity index (χ2n) is 3.91. The van der Waals surface area contributed by atoms with Gasteiger partial charge in [-0.15, -0.1) is 0 Å². The monoisotopic (exact) mass is 383 g/mol. The summed E-state index contributed by atoms with van der Waals surface area (Å²) in [5, 5.41) is 0. The van der Waals surface area contributed by atoms with Crippen molar-refractivity contribution in [1.82, 2.24) is 0 Å². The first-order chi connectivity index (χ1) is 9.72. The molecule has 0 aliphatic carbocycles. The van der Waals surface area contributed by atoms with E-state index in [1.807, 2.05) is 0 Å². The number of nitrogens with one attached hydrogen (secondary N) is 1. The van der Waals surface area contributed by atoms with Gasteiger partial charge in [0, 0.05) is 10.5 Å². The molecule has 0 radical (unpaired) electrons. The summed E-state index contributed by atoms with van der Waals surface area (Å²) in [7, 11) is -4.58. The molecule has 0 unspecified atom stereocenters. The molecular formula is C12H6BrF4NO2S. The van der Waals surface area contributed by atoms with Crippen LogP contribution in [0.3, 0.4) is 0 Å². The highest BCUT2D eigenvalue weighted by Crippen LogP contribution is 2.29. The van der Waals surface area contributed by atoms with Crippen LogP contribution in [0.5, 0.6) is 0 Å². The lowest BCUT2D eigenvalue weighted by molar-refractivity contribution is 0.511. The molecule has 0 aliphatic heterocycles. The molecule has 0 atom stereocenters. The van der Waals surface area contributed by atoms with Crippen LogP contribution in [0.15, 0.2) is 39.7 Å². The van der Waals surface area contributed by atoms with Crippen LogP contribution in [0.1, 0.15) is 0 Å². The van der Waals surface area contributed by atoms with Crippen molar-refractivity contribution in [2.45, 2.75) is 4.90 Å². The van der Waals surface area contributed by atoms with Crippen LogP contribution in [0, 0.1) is 23.3 Å². The number of sulfonamides is 1. The Morgan fingerprint density at radius 1 is 1.00 bits per heavy atom. The topological polar surface area (TPSA) is 46.2 Å². The normalized spacial score (nSPS) is 11.5. The molecule has 112 valence electrons. The molecule has 2 rings (SSSR count). The molecule has 0 aliphatic rings. The number of anilines is 1. The summed E-state index contributed by atoms with van der Waals surface area (Å²) >= 11 is 2.71. The van der Waals surface area contributed by atoms with Gasteiger partial charge in [-0.25, -0.2) is 26.0 Å². The fourth-order valence-electron chi connectivity index (χ4n) is 1.56. The van der Waals surface area contributed by atoms with Gasteiger partial charge in [-0.2, -0.15) is 0 Å². The van der Waals surface area contributed by atoms with Crippen LogP contribution in [0.25, 0.3) is 0 Å². The zero-order valence-electron chi connectivity index (χ0n) is 10.0. The zero-order valence-corrected chi connectivity index (χ0v) is 12.4. The van der Waals surface area contributed by atoms with Crippen LogP contribution in [-0.2, 0) is 10.0 Å². The van der Waals surface area contributed by atoms with Crippen LogP contribution in [0.2, 0.25) is 0 Å². The van der Waals surface area contributed by atoms with E-state index in [1.165, 1.54) is 0 Å².